The number of nitrogens with zero attached hydrogens (tertiary/aromatic N) is 1. The van der Waals surface area contributed by atoms with Crippen molar-refractivity contribution < 1.29 is 4.39 Å². The fourth-order valence-corrected chi connectivity index (χ4v) is 1.54. The van der Waals surface area contributed by atoms with Crippen LogP contribution in [0.15, 0.2) is 35.3 Å². The molecule has 1 N–H and O–H groups in total. The lowest BCUT2D eigenvalue weighted by atomic mass is 9.83. The molecule has 0 spiro atoms. The highest BCUT2D eigenvalue weighted by Crippen LogP contribution is 2.27. The van der Waals surface area contributed by atoms with Gasteiger partial charge in [-0.2, -0.15) is 5.26 Å². The summed E-state index contributed by atoms with van der Waals surface area (Å²) in [5.41, 5.74) is -1.25. The second-order valence-electron chi connectivity index (χ2n) is 2.95. The highest BCUT2D eigenvalue weighted by molar-refractivity contribution is 9.10. The molecule has 0 fully saturated rings. The lowest BCUT2D eigenvalue weighted by molar-refractivity contribution is 0.602. The summed E-state index contributed by atoms with van der Waals surface area (Å²) in [6.07, 6.45) is 2.14. The molecule has 1 aromatic carbocycles. The minimum Gasteiger partial charge on any atom is -0.311 e. The Bertz CT molecular complexity index is 440. The molecule has 0 heterocycles. The Hall–Kier alpha value is -1.47. The average molecular weight is 267 g/mol. The molecular weight excluding hydrogens is 259 g/mol. The van der Waals surface area contributed by atoms with E-state index in [-0.39, 0.29) is 5.56 Å². The van der Waals surface area contributed by atoms with Gasteiger partial charge in [-0.15, -0.1) is 6.58 Å². The van der Waals surface area contributed by atoms with Gasteiger partial charge in [-0.25, -0.2) is 4.39 Å². The van der Waals surface area contributed by atoms with Gasteiger partial charge in [0.05, 0.1) is 6.07 Å². The van der Waals surface area contributed by atoms with Crippen molar-refractivity contribution in [2.75, 3.05) is 0 Å². The lowest BCUT2D eigenvalue weighted by Gasteiger charge is -2.17. The summed E-state index contributed by atoms with van der Waals surface area (Å²) < 4.78 is 14.2. The summed E-state index contributed by atoms with van der Waals surface area (Å²) in [5.74, 6) is -0.533. The van der Waals surface area contributed by atoms with Gasteiger partial charge >= 0.3 is 0 Å². The van der Waals surface area contributed by atoms with Crippen LogP contribution >= 0.6 is 15.9 Å². The first-order chi connectivity index (χ1) is 7.09. The maximum atomic E-state index is 13.6. The molecule has 76 valence electrons. The summed E-state index contributed by atoms with van der Waals surface area (Å²) >= 11 is 3.12. The van der Waals surface area contributed by atoms with Gasteiger partial charge in [0.1, 0.15) is 11.2 Å². The first kappa shape index (κ1) is 11.6. The molecule has 2 nitrogen and oxygen atoms in total. The van der Waals surface area contributed by atoms with E-state index in [0.717, 1.165) is 6.21 Å². The van der Waals surface area contributed by atoms with E-state index in [0.29, 0.717) is 4.47 Å². The molecule has 0 aliphatic carbocycles. The van der Waals surface area contributed by atoms with Crippen molar-refractivity contribution in [2.45, 2.75) is 5.41 Å². The molecule has 0 aliphatic heterocycles. The van der Waals surface area contributed by atoms with E-state index < -0.39 is 11.2 Å². The number of halogens is 2. The molecular formula is C11H8BrFN2. The molecule has 0 aromatic heterocycles. The number of rotatable bonds is 3. The zero-order chi connectivity index (χ0) is 11.5. The predicted molar refractivity (Wildman–Crippen MR) is 60.4 cm³/mol. The number of nitrogens with one attached hydrogen (secondary N) is 1. The van der Waals surface area contributed by atoms with Gasteiger partial charge in [0, 0.05) is 16.3 Å². The summed E-state index contributed by atoms with van der Waals surface area (Å²) in [7, 11) is 0. The SMILES string of the molecule is C=CC(C#N)(C=N)c1ccc(Br)cc1F. The summed E-state index contributed by atoms with van der Waals surface area (Å²) in [6, 6.07) is 6.22. The quantitative estimate of drug-likeness (QED) is 0.663. The third-order valence-electron chi connectivity index (χ3n) is 2.11. The minimum atomic E-state index is -1.38. The Balaban J connectivity index is 3.43. The van der Waals surface area contributed by atoms with E-state index in [4.69, 9.17) is 10.7 Å². The lowest BCUT2D eigenvalue weighted by Crippen LogP contribution is -2.23. The van der Waals surface area contributed by atoms with Crippen LogP contribution in [0.3, 0.4) is 0 Å². The summed E-state index contributed by atoms with van der Waals surface area (Å²) in [6.45, 7) is 3.46. The van der Waals surface area contributed by atoms with Crippen molar-refractivity contribution in [3.8, 4) is 6.07 Å². The predicted octanol–water partition coefficient (Wildman–Crippen LogP) is 3.19. The molecule has 0 amide bonds. The standard InChI is InChI=1S/C11H8BrFN2/c1-2-11(6-14,7-15)9-4-3-8(12)5-10(9)13/h2-6,14H,1H2. The number of hydrogen-bond acceptors (Lipinski definition) is 2. The van der Waals surface area contributed by atoms with E-state index >= 15 is 0 Å². The number of hydrogen-bond donors (Lipinski definition) is 1. The zero-order valence-corrected chi connectivity index (χ0v) is 9.38. The molecule has 1 atom stereocenters. The Morgan fingerprint density at radius 3 is 2.67 bits per heavy atom. The highest BCUT2D eigenvalue weighted by atomic mass is 79.9. The molecule has 0 aliphatic rings. The van der Waals surface area contributed by atoms with E-state index in [1.54, 1.807) is 6.07 Å². The number of nitriles is 1. The zero-order valence-electron chi connectivity index (χ0n) is 7.80. The highest BCUT2D eigenvalue weighted by Gasteiger charge is 2.29. The van der Waals surface area contributed by atoms with Gasteiger partial charge in [-0.05, 0) is 12.1 Å². The second-order valence-corrected chi connectivity index (χ2v) is 3.87. The normalized spacial score (nSPS) is 13.7. The van der Waals surface area contributed by atoms with Gasteiger partial charge < -0.3 is 5.41 Å². The topological polar surface area (TPSA) is 47.6 Å². The van der Waals surface area contributed by atoms with Crippen molar-refractivity contribution in [3.63, 3.8) is 0 Å². The van der Waals surface area contributed by atoms with Crippen molar-refractivity contribution in [1.82, 2.24) is 0 Å². The number of allylic oxidation sites excluding steroid dienone is 1. The molecule has 1 aromatic rings. The van der Waals surface area contributed by atoms with Crippen LogP contribution in [-0.4, -0.2) is 6.21 Å². The molecule has 0 bridgehead atoms. The van der Waals surface area contributed by atoms with Gasteiger partial charge in [0.15, 0.2) is 0 Å². The van der Waals surface area contributed by atoms with Crippen LogP contribution in [0.4, 0.5) is 4.39 Å². The van der Waals surface area contributed by atoms with Crippen LogP contribution in [0.5, 0.6) is 0 Å². The summed E-state index contributed by atoms with van der Waals surface area (Å²) in [5, 5.41) is 16.2. The maximum Gasteiger partial charge on any atom is 0.137 e. The fourth-order valence-electron chi connectivity index (χ4n) is 1.21. The van der Waals surface area contributed by atoms with E-state index in [9.17, 15) is 4.39 Å². The van der Waals surface area contributed by atoms with Gasteiger partial charge in [0.25, 0.3) is 0 Å². The Morgan fingerprint density at radius 2 is 2.27 bits per heavy atom. The molecule has 0 saturated carbocycles. The molecule has 1 unspecified atom stereocenters. The van der Waals surface area contributed by atoms with Crippen LogP contribution in [0, 0.1) is 22.6 Å². The fraction of sp³-hybridized carbons (Fsp3) is 0.0909. The first-order valence-corrected chi connectivity index (χ1v) is 4.91. The maximum absolute atomic E-state index is 13.6. The largest absolute Gasteiger partial charge is 0.311 e. The van der Waals surface area contributed by atoms with Crippen LogP contribution in [0.1, 0.15) is 5.56 Å². The minimum absolute atomic E-state index is 0.137. The van der Waals surface area contributed by atoms with Crippen molar-refractivity contribution in [3.05, 3.63) is 46.7 Å². The van der Waals surface area contributed by atoms with E-state index in [1.807, 2.05) is 6.07 Å². The Kier molecular flexibility index (Phi) is 3.38. The van der Waals surface area contributed by atoms with Gasteiger partial charge in [-0.3, -0.25) is 0 Å². The van der Waals surface area contributed by atoms with E-state index in [2.05, 4.69) is 22.5 Å². The smallest absolute Gasteiger partial charge is 0.137 e. The third kappa shape index (κ3) is 1.97. The van der Waals surface area contributed by atoms with Crippen LogP contribution < -0.4 is 0 Å². The second kappa shape index (κ2) is 4.37. The molecule has 15 heavy (non-hydrogen) atoms. The van der Waals surface area contributed by atoms with Crippen molar-refractivity contribution >= 4 is 22.1 Å². The molecule has 0 radical (unpaired) electrons. The third-order valence-corrected chi connectivity index (χ3v) is 2.60. The average Bonchev–Trinajstić information content (AvgIpc) is 2.23. The Morgan fingerprint density at radius 1 is 1.60 bits per heavy atom. The molecule has 1 rings (SSSR count). The number of benzene rings is 1. The monoisotopic (exact) mass is 266 g/mol. The van der Waals surface area contributed by atoms with Gasteiger partial charge in [0.2, 0.25) is 0 Å². The van der Waals surface area contributed by atoms with E-state index in [1.165, 1.54) is 18.2 Å². The van der Waals surface area contributed by atoms with Crippen LogP contribution in [0.2, 0.25) is 0 Å². The van der Waals surface area contributed by atoms with Crippen LogP contribution in [0.25, 0.3) is 0 Å². The summed E-state index contributed by atoms with van der Waals surface area (Å²) in [4.78, 5) is 0. The molecule has 4 heteroatoms. The van der Waals surface area contributed by atoms with Crippen LogP contribution in [-0.2, 0) is 5.41 Å². The van der Waals surface area contributed by atoms with Gasteiger partial charge in [-0.1, -0.05) is 28.1 Å². The van der Waals surface area contributed by atoms with Crippen molar-refractivity contribution in [2.24, 2.45) is 0 Å². The molecule has 0 saturated heterocycles. The first-order valence-electron chi connectivity index (χ1n) is 4.11. The Labute approximate surface area is 95.7 Å². The van der Waals surface area contributed by atoms with Crippen molar-refractivity contribution in [1.29, 1.82) is 10.7 Å².